The van der Waals surface area contributed by atoms with E-state index in [0.717, 1.165) is 10.9 Å². The van der Waals surface area contributed by atoms with Crippen LogP contribution >= 0.6 is 0 Å². The minimum Gasteiger partial charge on any atom is -0.480 e. The lowest BCUT2D eigenvalue weighted by atomic mass is 10.0. The molecule has 17 nitrogen and oxygen atoms in total. The van der Waals surface area contributed by atoms with Gasteiger partial charge in [0.25, 0.3) is 0 Å². The number of nitrogens with two attached hydrogens (primary N) is 5. The summed E-state index contributed by atoms with van der Waals surface area (Å²) >= 11 is 0. The van der Waals surface area contributed by atoms with E-state index in [9.17, 15) is 29.4 Å². The van der Waals surface area contributed by atoms with Crippen LogP contribution in [0.5, 0.6) is 0 Å². The van der Waals surface area contributed by atoms with Crippen molar-refractivity contribution in [3.8, 4) is 0 Å². The number of hydrogen-bond acceptors (Lipinski definition) is 8. The number of para-hydroxylation sites is 1. The fraction of sp³-hybridized carbons (Fsp3) is 0.462. The first-order chi connectivity index (χ1) is 20.4. The van der Waals surface area contributed by atoms with E-state index < -0.39 is 54.5 Å². The SMILES string of the molecule is NC(N)=NCCCC(N)C(=O)NC(CO)C(=O)NC(Cc1c[nH]c2ccccc12)C(=O)NC(CCCN=C(N)N)C(=O)O. The molecule has 236 valence electrons. The summed E-state index contributed by atoms with van der Waals surface area (Å²) in [6.45, 7) is -0.377. The number of carbonyl (C=O) groups is 4. The number of guanidine groups is 2. The number of aromatic amines is 1. The summed E-state index contributed by atoms with van der Waals surface area (Å²) in [4.78, 5) is 61.6. The molecule has 0 fully saturated rings. The van der Waals surface area contributed by atoms with Gasteiger partial charge in [-0.3, -0.25) is 24.4 Å². The number of aliphatic carboxylic acids is 1. The molecule has 0 saturated carbocycles. The number of nitrogens with one attached hydrogen (secondary N) is 4. The lowest BCUT2D eigenvalue weighted by molar-refractivity contribution is -0.142. The monoisotopic (exact) mass is 603 g/mol. The zero-order chi connectivity index (χ0) is 31.9. The minimum absolute atomic E-state index is 0.0159. The second-order valence-corrected chi connectivity index (χ2v) is 9.77. The van der Waals surface area contributed by atoms with Gasteiger partial charge in [0.2, 0.25) is 17.7 Å². The van der Waals surface area contributed by atoms with Crippen LogP contribution in [0.15, 0.2) is 40.4 Å². The van der Waals surface area contributed by atoms with Crippen LogP contribution in [0.1, 0.15) is 31.2 Å². The molecule has 1 aromatic carbocycles. The number of nitrogens with zero attached hydrogens (tertiary/aromatic N) is 2. The fourth-order valence-corrected chi connectivity index (χ4v) is 4.16. The van der Waals surface area contributed by atoms with Gasteiger partial charge >= 0.3 is 5.97 Å². The molecule has 3 amide bonds. The molecule has 1 heterocycles. The van der Waals surface area contributed by atoms with E-state index in [1.54, 1.807) is 6.20 Å². The first kappa shape index (κ1) is 34.3. The third-order valence-electron chi connectivity index (χ3n) is 6.41. The number of benzene rings is 1. The molecule has 0 aliphatic heterocycles. The minimum atomic E-state index is -1.44. The van der Waals surface area contributed by atoms with Crippen LogP contribution in [0.4, 0.5) is 0 Å². The molecule has 0 radical (unpaired) electrons. The van der Waals surface area contributed by atoms with Crippen molar-refractivity contribution in [3.05, 3.63) is 36.0 Å². The lowest BCUT2D eigenvalue weighted by Gasteiger charge is -2.24. The molecule has 17 heteroatoms. The number of H-pyrrole nitrogens is 1. The molecule has 4 atom stereocenters. The first-order valence-electron chi connectivity index (χ1n) is 13.6. The predicted octanol–water partition coefficient (Wildman–Crippen LogP) is -3.32. The summed E-state index contributed by atoms with van der Waals surface area (Å²) in [6.07, 6.45) is 2.52. The quantitative estimate of drug-likeness (QED) is 0.0455. The highest BCUT2D eigenvalue weighted by Gasteiger charge is 2.30. The summed E-state index contributed by atoms with van der Waals surface area (Å²) in [5.41, 5.74) is 28.5. The zero-order valence-electron chi connectivity index (χ0n) is 23.7. The third-order valence-corrected chi connectivity index (χ3v) is 6.41. The molecule has 0 spiro atoms. The van der Waals surface area contributed by atoms with Crippen molar-refractivity contribution >= 4 is 46.5 Å². The fourth-order valence-electron chi connectivity index (χ4n) is 4.16. The average molecular weight is 604 g/mol. The van der Waals surface area contributed by atoms with Gasteiger partial charge in [0.05, 0.1) is 12.6 Å². The number of aliphatic imine (C=N–C) groups is 2. The molecule has 0 aliphatic rings. The second kappa shape index (κ2) is 17.1. The van der Waals surface area contributed by atoms with Gasteiger partial charge in [0, 0.05) is 36.6 Å². The first-order valence-corrected chi connectivity index (χ1v) is 13.6. The summed E-state index contributed by atoms with van der Waals surface area (Å²) in [5, 5.41) is 27.7. The van der Waals surface area contributed by atoms with E-state index in [0.29, 0.717) is 12.0 Å². The van der Waals surface area contributed by atoms with Crippen molar-refractivity contribution < 1.29 is 29.4 Å². The van der Waals surface area contributed by atoms with Crippen LogP contribution in [0.3, 0.4) is 0 Å². The number of amides is 3. The van der Waals surface area contributed by atoms with E-state index in [2.05, 4.69) is 30.9 Å². The molecule has 0 aliphatic carbocycles. The van der Waals surface area contributed by atoms with E-state index in [-0.39, 0.29) is 50.7 Å². The van der Waals surface area contributed by atoms with Crippen LogP contribution < -0.4 is 44.6 Å². The van der Waals surface area contributed by atoms with Crippen molar-refractivity contribution in [2.24, 2.45) is 38.7 Å². The summed E-state index contributed by atoms with van der Waals surface area (Å²) in [6, 6.07) is 2.27. The van der Waals surface area contributed by atoms with Crippen molar-refractivity contribution in [1.29, 1.82) is 0 Å². The molecule has 4 unspecified atom stereocenters. The lowest BCUT2D eigenvalue weighted by Crippen LogP contribution is -2.58. The Hall–Kier alpha value is -4.90. The molecule has 0 saturated heterocycles. The molecular formula is C26H41N11O6. The van der Waals surface area contributed by atoms with Crippen molar-refractivity contribution in [1.82, 2.24) is 20.9 Å². The van der Waals surface area contributed by atoms with Gasteiger partial charge in [-0.05, 0) is 37.3 Å². The normalized spacial score (nSPS) is 13.6. The van der Waals surface area contributed by atoms with Gasteiger partial charge in [-0.15, -0.1) is 0 Å². The Morgan fingerprint density at radius 1 is 0.814 bits per heavy atom. The van der Waals surface area contributed by atoms with E-state index in [1.807, 2.05) is 24.3 Å². The molecular weight excluding hydrogens is 562 g/mol. The summed E-state index contributed by atoms with van der Waals surface area (Å²) < 4.78 is 0. The highest BCUT2D eigenvalue weighted by Crippen LogP contribution is 2.19. The molecule has 2 aromatic rings. The van der Waals surface area contributed by atoms with Gasteiger partial charge in [-0.25, -0.2) is 4.79 Å². The van der Waals surface area contributed by atoms with Crippen LogP contribution in [0.2, 0.25) is 0 Å². The van der Waals surface area contributed by atoms with Gasteiger partial charge < -0.3 is 59.8 Å². The Kier molecular flexibility index (Phi) is 13.7. The Bertz CT molecular complexity index is 1300. The van der Waals surface area contributed by atoms with Crippen LogP contribution in [-0.4, -0.2) is 94.7 Å². The molecule has 2 rings (SSSR count). The number of fused-ring (bicyclic) bond motifs is 1. The van der Waals surface area contributed by atoms with Crippen molar-refractivity contribution in [2.45, 2.75) is 56.3 Å². The number of carboxylic acids is 1. The maximum absolute atomic E-state index is 13.4. The van der Waals surface area contributed by atoms with Crippen LogP contribution in [-0.2, 0) is 25.6 Å². The Labute approximate surface area is 247 Å². The molecule has 1 aromatic heterocycles. The Balaban J connectivity index is 2.17. The number of rotatable bonds is 18. The topological polar surface area (TPSA) is 315 Å². The second-order valence-electron chi connectivity index (χ2n) is 9.77. The smallest absolute Gasteiger partial charge is 0.326 e. The standard InChI is InChI=1S/C26H41N11O6/c27-16(6-3-9-32-25(28)29)21(39)37-20(13-38)23(41)36-19(11-14-12-34-17-7-2-1-5-15(14)17)22(40)35-18(24(42)43)8-4-10-33-26(30)31/h1-2,5,7,12,16,18-20,34,38H,3-4,6,8-11,13,27H2,(H,35,40)(H,36,41)(H,37,39)(H,42,43)(H4,28,29,32)(H4,30,31,33). The number of aliphatic hydroxyl groups is 1. The van der Waals surface area contributed by atoms with Gasteiger partial charge in [-0.1, -0.05) is 18.2 Å². The van der Waals surface area contributed by atoms with E-state index >= 15 is 0 Å². The number of aliphatic hydroxyl groups excluding tert-OH is 1. The van der Waals surface area contributed by atoms with Crippen molar-refractivity contribution in [2.75, 3.05) is 19.7 Å². The van der Waals surface area contributed by atoms with E-state index in [1.165, 1.54) is 0 Å². The summed E-state index contributed by atoms with van der Waals surface area (Å²) in [5.74, 6) is -3.89. The highest BCUT2D eigenvalue weighted by atomic mass is 16.4. The maximum atomic E-state index is 13.4. The summed E-state index contributed by atoms with van der Waals surface area (Å²) in [7, 11) is 0. The predicted molar refractivity (Wildman–Crippen MR) is 160 cm³/mol. The van der Waals surface area contributed by atoms with Gasteiger partial charge in [0.15, 0.2) is 11.9 Å². The third kappa shape index (κ3) is 11.5. The Morgan fingerprint density at radius 3 is 1.98 bits per heavy atom. The molecule has 0 bridgehead atoms. The molecule has 43 heavy (non-hydrogen) atoms. The number of carboxylic acid groups (broad SMARTS) is 1. The zero-order valence-corrected chi connectivity index (χ0v) is 23.7. The number of carbonyl (C=O) groups excluding carboxylic acids is 3. The molecule has 16 N–H and O–H groups in total. The van der Waals surface area contributed by atoms with Crippen LogP contribution in [0, 0.1) is 0 Å². The number of aromatic nitrogens is 1. The van der Waals surface area contributed by atoms with Crippen molar-refractivity contribution in [3.63, 3.8) is 0 Å². The Morgan fingerprint density at radius 2 is 1.37 bits per heavy atom. The number of hydrogen-bond donors (Lipinski definition) is 11. The highest BCUT2D eigenvalue weighted by molar-refractivity contribution is 5.95. The van der Waals surface area contributed by atoms with Crippen LogP contribution in [0.25, 0.3) is 10.9 Å². The average Bonchev–Trinajstić information content (AvgIpc) is 3.37. The maximum Gasteiger partial charge on any atom is 0.326 e. The van der Waals surface area contributed by atoms with Gasteiger partial charge in [0.1, 0.15) is 18.1 Å². The van der Waals surface area contributed by atoms with E-state index in [4.69, 9.17) is 28.7 Å². The van der Waals surface area contributed by atoms with Gasteiger partial charge in [-0.2, -0.15) is 0 Å². The largest absolute Gasteiger partial charge is 0.480 e.